The number of halogens is 1. The van der Waals surface area contributed by atoms with Crippen molar-refractivity contribution in [2.45, 2.75) is 65.3 Å². The largest absolute Gasteiger partial charge is 0.448 e. The van der Waals surface area contributed by atoms with Crippen molar-refractivity contribution in [3.63, 3.8) is 0 Å². The van der Waals surface area contributed by atoms with E-state index in [2.05, 4.69) is 15.6 Å². The average molecular weight is 551 g/mol. The molecule has 1 saturated heterocycles. The van der Waals surface area contributed by atoms with Gasteiger partial charge in [-0.2, -0.15) is 0 Å². The lowest BCUT2D eigenvalue weighted by Gasteiger charge is -2.35. The molecule has 2 heterocycles. The number of benzene rings is 1. The Balaban J connectivity index is 1.71. The van der Waals surface area contributed by atoms with E-state index in [-0.39, 0.29) is 37.4 Å². The molecule has 1 aliphatic heterocycles. The summed E-state index contributed by atoms with van der Waals surface area (Å²) in [6.07, 6.45) is -1.50. The van der Waals surface area contributed by atoms with Crippen molar-refractivity contribution in [2.24, 2.45) is 5.41 Å². The van der Waals surface area contributed by atoms with Gasteiger partial charge in [0, 0.05) is 13.0 Å². The Morgan fingerprint density at radius 2 is 1.92 bits per heavy atom. The molecule has 1 aliphatic rings. The van der Waals surface area contributed by atoms with Gasteiger partial charge in [0.25, 0.3) is 0 Å². The molecule has 0 unspecified atom stereocenters. The summed E-state index contributed by atoms with van der Waals surface area (Å²) in [6, 6.07) is 5.76. The number of carbonyl (C=O) groups excluding carboxylic acids is 3. The summed E-state index contributed by atoms with van der Waals surface area (Å²) < 4.78 is 4.98. The second-order valence-corrected chi connectivity index (χ2v) is 11.5. The number of alkyl halides is 1. The number of rotatable bonds is 8. The lowest BCUT2D eigenvalue weighted by atomic mass is 9.85. The molecule has 11 heteroatoms. The van der Waals surface area contributed by atoms with E-state index < -0.39 is 35.6 Å². The first kappa shape index (κ1) is 28.9. The molecule has 0 spiro atoms. The van der Waals surface area contributed by atoms with E-state index in [0.717, 1.165) is 21.7 Å². The van der Waals surface area contributed by atoms with Gasteiger partial charge >= 0.3 is 6.09 Å². The maximum atomic E-state index is 13.5. The number of alkyl carbamates (subject to hydrolysis) is 1. The molecule has 2 aromatic rings. The zero-order chi connectivity index (χ0) is 27.3. The number of carbonyl (C=O) groups is 3. The first-order valence-corrected chi connectivity index (χ1v) is 13.6. The molecule has 0 bridgehead atoms. The van der Waals surface area contributed by atoms with Crippen LogP contribution in [0.25, 0.3) is 10.4 Å². The van der Waals surface area contributed by atoms with Gasteiger partial charge in [0.2, 0.25) is 11.8 Å². The molecule has 9 nitrogen and oxygen atoms in total. The molecule has 1 aromatic carbocycles. The van der Waals surface area contributed by atoms with Crippen LogP contribution in [0.1, 0.15) is 51.4 Å². The minimum Gasteiger partial charge on any atom is -0.448 e. The van der Waals surface area contributed by atoms with Crippen LogP contribution in [-0.4, -0.2) is 70.1 Å². The van der Waals surface area contributed by atoms with E-state index in [9.17, 15) is 19.5 Å². The van der Waals surface area contributed by atoms with Crippen LogP contribution in [0, 0.1) is 12.3 Å². The van der Waals surface area contributed by atoms with E-state index in [1.807, 2.05) is 43.6 Å². The molecule has 0 aliphatic carbocycles. The Kier molecular flexibility index (Phi) is 9.55. The number of aliphatic hydroxyl groups is 1. The fourth-order valence-corrected chi connectivity index (χ4v) is 5.20. The van der Waals surface area contributed by atoms with E-state index in [1.165, 1.54) is 4.90 Å². The number of nitrogens with zero attached hydrogens (tertiary/aromatic N) is 2. The number of hydrogen-bond acceptors (Lipinski definition) is 7. The fraction of sp³-hybridized carbons (Fsp3) is 0.538. The number of β-amino-alcohol motifs (C(OH)–C–C–N with tert-alkyl or cyclic N) is 1. The monoisotopic (exact) mass is 550 g/mol. The molecule has 3 N–H and O–H groups in total. The number of likely N-dealkylation sites (tertiary alicyclic amines) is 1. The highest BCUT2D eigenvalue weighted by molar-refractivity contribution is 7.13. The number of aromatic nitrogens is 1. The van der Waals surface area contributed by atoms with Crippen LogP contribution in [0.3, 0.4) is 0 Å². The first-order valence-electron chi connectivity index (χ1n) is 12.2. The lowest BCUT2D eigenvalue weighted by molar-refractivity contribution is -0.142. The van der Waals surface area contributed by atoms with Crippen molar-refractivity contribution in [3.8, 4) is 10.4 Å². The number of ether oxygens (including phenoxy) is 1. The summed E-state index contributed by atoms with van der Waals surface area (Å²) >= 11 is 7.15. The number of hydrogen-bond donors (Lipinski definition) is 3. The van der Waals surface area contributed by atoms with E-state index in [1.54, 1.807) is 32.1 Å². The maximum Gasteiger partial charge on any atom is 0.407 e. The highest BCUT2D eigenvalue weighted by Crippen LogP contribution is 2.29. The van der Waals surface area contributed by atoms with Crippen molar-refractivity contribution in [3.05, 3.63) is 41.0 Å². The average Bonchev–Trinajstić information content (AvgIpc) is 3.45. The summed E-state index contributed by atoms with van der Waals surface area (Å²) in [4.78, 5) is 45.7. The van der Waals surface area contributed by atoms with Gasteiger partial charge in [0.15, 0.2) is 0 Å². The summed E-state index contributed by atoms with van der Waals surface area (Å²) in [7, 11) is 0. The lowest BCUT2D eigenvalue weighted by Crippen LogP contribution is -2.58. The number of nitrogens with one attached hydrogen (secondary N) is 2. The van der Waals surface area contributed by atoms with Crippen LogP contribution < -0.4 is 10.6 Å². The normalized spacial score (nSPS) is 19.3. The third-order valence-corrected chi connectivity index (χ3v) is 7.46. The molecule has 0 radical (unpaired) electrons. The van der Waals surface area contributed by atoms with Crippen molar-refractivity contribution < 1.29 is 24.2 Å². The predicted molar refractivity (Wildman–Crippen MR) is 143 cm³/mol. The smallest absolute Gasteiger partial charge is 0.407 e. The Labute approximate surface area is 226 Å². The van der Waals surface area contributed by atoms with Crippen LogP contribution in [-0.2, 0) is 14.3 Å². The maximum absolute atomic E-state index is 13.5. The zero-order valence-corrected chi connectivity index (χ0v) is 23.4. The second kappa shape index (κ2) is 12.2. The predicted octanol–water partition coefficient (Wildman–Crippen LogP) is 3.64. The molecular formula is C26H35ClN4O5S. The third kappa shape index (κ3) is 7.21. The molecule has 37 heavy (non-hydrogen) atoms. The first-order chi connectivity index (χ1) is 17.4. The van der Waals surface area contributed by atoms with Gasteiger partial charge in [-0.3, -0.25) is 9.59 Å². The minimum absolute atomic E-state index is 0.000808. The summed E-state index contributed by atoms with van der Waals surface area (Å²) in [5, 5.41) is 15.9. The number of aryl methyl sites for hydroxylation is 1. The SMILES string of the molecule is Cc1ncsc1-c1ccc([C@H](C)NC(=O)[C@@H]2C[C@@H](O)CN2C(=O)[C@H](NC(=O)OCCCl)C(C)(C)C)cc1. The highest BCUT2D eigenvalue weighted by Gasteiger charge is 2.44. The van der Waals surface area contributed by atoms with Gasteiger partial charge in [-0.05, 0) is 30.4 Å². The van der Waals surface area contributed by atoms with Crippen LogP contribution in [0.15, 0.2) is 29.8 Å². The zero-order valence-electron chi connectivity index (χ0n) is 21.8. The molecule has 1 aromatic heterocycles. The van der Waals surface area contributed by atoms with Gasteiger partial charge in [-0.15, -0.1) is 22.9 Å². The molecular weight excluding hydrogens is 516 g/mol. The molecule has 0 saturated carbocycles. The molecule has 1 fully saturated rings. The highest BCUT2D eigenvalue weighted by atomic mass is 35.5. The Hall–Kier alpha value is -2.69. The summed E-state index contributed by atoms with van der Waals surface area (Å²) in [5.41, 5.74) is 4.08. The summed E-state index contributed by atoms with van der Waals surface area (Å²) in [5.74, 6) is -0.686. The molecule has 4 atom stereocenters. The Morgan fingerprint density at radius 3 is 2.49 bits per heavy atom. The standard InChI is InChI=1S/C26H35ClN4O5S/c1-15(17-6-8-18(9-7-17)21-16(2)28-14-37-21)29-23(33)20-12-19(32)13-31(20)24(34)22(26(3,4)5)30-25(35)36-11-10-27/h6-9,14-15,19-20,22,32H,10-13H2,1-5H3,(H,29,33)(H,30,35)/t15-,19+,20-,22-/m0/s1. The Morgan fingerprint density at radius 1 is 1.24 bits per heavy atom. The van der Waals surface area contributed by atoms with E-state index in [4.69, 9.17) is 16.3 Å². The number of aliphatic hydroxyl groups excluding tert-OH is 1. The van der Waals surface area contributed by atoms with E-state index >= 15 is 0 Å². The quantitative estimate of drug-likeness (QED) is 0.432. The summed E-state index contributed by atoms with van der Waals surface area (Å²) in [6.45, 7) is 9.26. The number of thiazole rings is 1. The second-order valence-electron chi connectivity index (χ2n) is 10.3. The number of amides is 3. The van der Waals surface area contributed by atoms with Gasteiger partial charge in [0.1, 0.15) is 18.7 Å². The minimum atomic E-state index is -0.962. The van der Waals surface area contributed by atoms with Crippen molar-refractivity contribution in [2.75, 3.05) is 19.0 Å². The van der Waals surface area contributed by atoms with Crippen molar-refractivity contribution in [1.82, 2.24) is 20.5 Å². The van der Waals surface area contributed by atoms with Gasteiger partial charge in [0.05, 0.1) is 34.1 Å². The van der Waals surface area contributed by atoms with E-state index in [0.29, 0.717) is 0 Å². The van der Waals surface area contributed by atoms with Crippen molar-refractivity contribution in [1.29, 1.82) is 0 Å². The van der Waals surface area contributed by atoms with Crippen molar-refractivity contribution >= 4 is 40.8 Å². The van der Waals surface area contributed by atoms with Gasteiger partial charge in [-0.1, -0.05) is 45.0 Å². The molecule has 3 rings (SSSR count). The van der Waals surface area contributed by atoms with Crippen LogP contribution in [0.4, 0.5) is 4.79 Å². The molecule has 3 amide bonds. The third-order valence-electron chi connectivity index (χ3n) is 6.33. The van der Waals surface area contributed by atoms with Crippen LogP contribution in [0.5, 0.6) is 0 Å². The van der Waals surface area contributed by atoms with Gasteiger partial charge < -0.3 is 25.4 Å². The Bertz CT molecular complexity index is 1100. The van der Waals surface area contributed by atoms with Gasteiger partial charge in [-0.25, -0.2) is 9.78 Å². The van der Waals surface area contributed by atoms with Crippen LogP contribution in [0.2, 0.25) is 0 Å². The topological polar surface area (TPSA) is 121 Å². The fourth-order valence-electron chi connectivity index (χ4n) is 4.31. The van der Waals surface area contributed by atoms with Crippen LogP contribution >= 0.6 is 22.9 Å². The molecule has 202 valence electrons.